The Hall–Kier alpha value is -1.40. The fraction of sp³-hybridized carbons (Fsp3) is 0.462. The second-order valence-electron chi connectivity index (χ2n) is 4.07. The zero-order valence-electron chi connectivity index (χ0n) is 11.0. The molecule has 0 bridgehead atoms. The topological polar surface area (TPSA) is 78.8 Å². The van der Waals surface area contributed by atoms with E-state index in [2.05, 4.69) is 5.32 Å². The molecule has 6 heteroatoms. The summed E-state index contributed by atoms with van der Waals surface area (Å²) in [6, 6.07) is 6.32. The zero-order valence-corrected chi connectivity index (χ0v) is 11.8. The number of thioether (sulfide) groups is 1. The van der Waals surface area contributed by atoms with Crippen LogP contribution in [0.25, 0.3) is 0 Å². The van der Waals surface area contributed by atoms with E-state index in [9.17, 15) is 9.90 Å². The van der Waals surface area contributed by atoms with Gasteiger partial charge in [0.15, 0.2) is 18.1 Å². The van der Waals surface area contributed by atoms with Gasteiger partial charge in [0.1, 0.15) is 0 Å². The van der Waals surface area contributed by atoms with Crippen molar-refractivity contribution in [2.24, 2.45) is 0 Å². The molecule has 2 atom stereocenters. The molecule has 106 valence electrons. The van der Waals surface area contributed by atoms with Crippen LogP contribution in [-0.2, 0) is 4.79 Å². The standard InChI is InChI=1S/C13H19NO4S/c1-9(12(7-15)19-2)14-13(17)8-18-11-6-4-3-5-10(11)16/h3-6,9,12,15-16H,7-8H2,1-2H3,(H,14,17). The molecule has 5 nitrogen and oxygen atoms in total. The lowest BCUT2D eigenvalue weighted by atomic mass is 10.2. The van der Waals surface area contributed by atoms with Gasteiger partial charge in [-0.2, -0.15) is 11.8 Å². The minimum absolute atomic E-state index is 0.000645. The summed E-state index contributed by atoms with van der Waals surface area (Å²) in [7, 11) is 0. The fourth-order valence-corrected chi connectivity index (χ4v) is 2.17. The van der Waals surface area contributed by atoms with Crippen LogP contribution < -0.4 is 10.1 Å². The number of amides is 1. The Morgan fingerprint density at radius 2 is 2.16 bits per heavy atom. The van der Waals surface area contributed by atoms with Gasteiger partial charge in [0, 0.05) is 11.3 Å². The molecule has 0 saturated heterocycles. The number of carbonyl (C=O) groups excluding carboxylic acids is 1. The molecule has 0 spiro atoms. The van der Waals surface area contributed by atoms with Crippen LogP contribution in [0.4, 0.5) is 0 Å². The average Bonchev–Trinajstić information content (AvgIpc) is 2.39. The van der Waals surface area contributed by atoms with Crippen LogP contribution in [-0.4, -0.2) is 46.9 Å². The van der Waals surface area contributed by atoms with Gasteiger partial charge in [-0.05, 0) is 25.3 Å². The number of hydrogen-bond donors (Lipinski definition) is 3. The SMILES string of the molecule is CSC(CO)C(C)NC(=O)COc1ccccc1O. The summed E-state index contributed by atoms with van der Waals surface area (Å²) in [5.74, 6) is -0.0159. The van der Waals surface area contributed by atoms with Crippen molar-refractivity contribution < 1.29 is 19.7 Å². The summed E-state index contributed by atoms with van der Waals surface area (Å²) >= 11 is 1.49. The molecular weight excluding hydrogens is 266 g/mol. The number of benzene rings is 1. The normalized spacial score (nSPS) is 13.6. The first-order valence-corrected chi connectivity index (χ1v) is 7.21. The molecule has 3 N–H and O–H groups in total. The highest BCUT2D eigenvalue weighted by molar-refractivity contribution is 7.99. The first-order chi connectivity index (χ1) is 9.08. The number of phenolic OH excluding ortho intramolecular Hbond substituents is 1. The number of hydrogen-bond acceptors (Lipinski definition) is 5. The number of aliphatic hydroxyl groups is 1. The van der Waals surface area contributed by atoms with Gasteiger partial charge in [0.05, 0.1) is 6.61 Å². The van der Waals surface area contributed by atoms with E-state index in [1.54, 1.807) is 18.2 Å². The van der Waals surface area contributed by atoms with E-state index >= 15 is 0 Å². The van der Waals surface area contributed by atoms with Crippen LogP contribution in [0.3, 0.4) is 0 Å². The first kappa shape index (κ1) is 15.7. The first-order valence-electron chi connectivity index (χ1n) is 5.92. The summed E-state index contributed by atoms with van der Waals surface area (Å²) in [5.41, 5.74) is 0. The lowest BCUT2D eigenvalue weighted by Gasteiger charge is -2.21. The summed E-state index contributed by atoms with van der Waals surface area (Å²) in [6.45, 7) is 1.66. The predicted molar refractivity (Wildman–Crippen MR) is 75.6 cm³/mol. The van der Waals surface area contributed by atoms with Crippen molar-refractivity contribution in [3.05, 3.63) is 24.3 Å². The Morgan fingerprint density at radius 3 is 2.74 bits per heavy atom. The highest BCUT2D eigenvalue weighted by atomic mass is 32.2. The average molecular weight is 285 g/mol. The van der Waals surface area contributed by atoms with Crippen LogP contribution in [0.15, 0.2) is 24.3 Å². The van der Waals surface area contributed by atoms with Gasteiger partial charge in [0.25, 0.3) is 5.91 Å². The minimum atomic E-state index is -0.289. The quantitative estimate of drug-likeness (QED) is 0.696. The van der Waals surface area contributed by atoms with Gasteiger partial charge < -0.3 is 20.3 Å². The summed E-state index contributed by atoms with van der Waals surface area (Å²) in [4.78, 5) is 11.7. The van der Waals surface area contributed by atoms with Crippen molar-refractivity contribution in [1.82, 2.24) is 5.32 Å². The van der Waals surface area contributed by atoms with Crippen LogP contribution in [0.2, 0.25) is 0 Å². The smallest absolute Gasteiger partial charge is 0.258 e. The van der Waals surface area contributed by atoms with E-state index in [0.717, 1.165) is 0 Å². The molecule has 1 amide bonds. The molecule has 19 heavy (non-hydrogen) atoms. The second-order valence-corrected chi connectivity index (χ2v) is 5.15. The molecule has 0 saturated carbocycles. The minimum Gasteiger partial charge on any atom is -0.504 e. The fourth-order valence-electron chi connectivity index (χ4n) is 1.55. The van der Waals surface area contributed by atoms with E-state index in [4.69, 9.17) is 9.84 Å². The van der Waals surface area contributed by atoms with Gasteiger partial charge in [-0.1, -0.05) is 12.1 Å². The van der Waals surface area contributed by atoms with Crippen LogP contribution in [0, 0.1) is 0 Å². The molecule has 0 radical (unpaired) electrons. The van der Waals surface area contributed by atoms with Crippen molar-refractivity contribution >= 4 is 17.7 Å². The molecule has 1 aromatic carbocycles. The molecule has 0 aliphatic heterocycles. The zero-order chi connectivity index (χ0) is 14.3. The van der Waals surface area contributed by atoms with Gasteiger partial charge in [-0.15, -0.1) is 0 Å². The van der Waals surface area contributed by atoms with E-state index in [1.165, 1.54) is 17.8 Å². The van der Waals surface area contributed by atoms with E-state index in [-0.39, 0.29) is 41.9 Å². The largest absolute Gasteiger partial charge is 0.504 e. The van der Waals surface area contributed by atoms with Gasteiger partial charge >= 0.3 is 0 Å². The van der Waals surface area contributed by atoms with Crippen LogP contribution >= 0.6 is 11.8 Å². The van der Waals surface area contributed by atoms with Crippen molar-refractivity contribution in [2.75, 3.05) is 19.5 Å². The third-order valence-corrected chi connectivity index (χ3v) is 3.82. The van der Waals surface area contributed by atoms with Gasteiger partial charge in [-0.3, -0.25) is 4.79 Å². The Kier molecular flexibility index (Phi) is 6.52. The van der Waals surface area contributed by atoms with Crippen molar-refractivity contribution in [1.29, 1.82) is 0 Å². The number of ether oxygens (including phenoxy) is 1. The summed E-state index contributed by atoms with van der Waals surface area (Å²) in [5, 5.41) is 21.3. The maximum atomic E-state index is 11.7. The Balaban J connectivity index is 2.42. The van der Waals surface area contributed by atoms with Crippen molar-refractivity contribution in [3.63, 3.8) is 0 Å². The molecule has 0 aromatic heterocycles. The molecule has 2 unspecified atom stereocenters. The van der Waals surface area contributed by atoms with Gasteiger partial charge in [0.2, 0.25) is 0 Å². The number of aliphatic hydroxyl groups excluding tert-OH is 1. The van der Waals surface area contributed by atoms with E-state index in [1.807, 2.05) is 13.2 Å². The predicted octanol–water partition coefficient (Wildman–Crippen LogP) is 1.000. The van der Waals surface area contributed by atoms with Crippen LogP contribution in [0.1, 0.15) is 6.92 Å². The third-order valence-electron chi connectivity index (χ3n) is 2.65. The maximum Gasteiger partial charge on any atom is 0.258 e. The molecule has 0 aliphatic rings. The number of phenols is 1. The summed E-state index contributed by atoms with van der Waals surface area (Å²) in [6.07, 6.45) is 1.88. The molecule has 1 aromatic rings. The molecule has 1 rings (SSSR count). The van der Waals surface area contributed by atoms with E-state index < -0.39 is 0 Å². The Morgan fingerprint density at radius 1 is 1.47 bits per heavy atom. The Labute approximate surface area is 117 Å². The molecule has 0 aliphatic carbocycles. The summed E-state index contributed by atoms with van der Waals surface area (Å²) < 4.78 is 5.22. The molecular formula is C13H19NO4S. The third kappa shape index (κ3) is 5.00. The lowest BCUT2D eigenvalue weighted by Crippen LogP contribution is -2.43. The van der Waals surface area contributed by atoms with E-state index in [0.29, 0.717) is 0 Å². The second kappa shape index (κ2) is 7.91. The maximum absolute atomic E-state index is 11.7. The highest BCUT2D eigenvalue weighted by Gasteiger charge is 2.17. The van der Waals surface area contributed by atoms with Gasteiger partial charge in [-0.25, -0.2) is 0 Å². The molecule has 0 heterocycles. The monoisotopic (exact) mass is 285 g/mol. The van der Waals surface area contributed by atoms with Crippen LogP contribution in [0.5, 0.6) is 11.5 Å². The Bertz CT molecular complexity index is 409. The van der Waals surface area contributed by atoms with Crippen molar-refractivity contribution in [3.8, 4) is 11.5 Å². The number of carbonyl (C=O) groups is 1. The molecule has 0 fully saturated rings. The lowest BCUT2D eigenvalue weighted by molar-refractivity contribution is -0.123. The highest BCUT2D eigenvalue weighted by Crippen LogP contribution is 2.24. The number of para-hydroxylation sites is 2. The number of rotatable bonds is 7. The number of aromatic hydroxyl groups is 1. The number of nitrogens with one attached hydrogen (secondary N) is 1. The van der Waals surface area contributed by atoms with Crippen molar-refractivity contribution in [2.45, 2.75) is 18.2 Å².